The predicted octanol–water partition coefficient (Wildman–Crippen LogP) is 3.38. The van der Waals surface area contributed by atoms with Crippen molar-refractivity contribution in [1.82, 2.24) is 10.3 Å². The highest BCUT2D eigenvalue weighted by molar-refractivity contribution is 9.10. The van der Waals surface area contributed by atoms with E-state index in [-0.39, 0.29) is 29.6 Å². The highest BCUT2D eigenvalue weighted by atomic mass is 79.9. The number of aromatic nitrogens is 1. The molecule has 3 saturated carbocycles. The Morgan fingerprint density at radius 1 is 1.17 bits per heavy atom. The Kier molecular flexibility index (Phi) is 4.89. The van der Waals surface area contributed by atoms with Gasteiger partial charge in [-0.1, -0.05) is 0 Å². The summed E-state index contributed by atoms with van der Waals surface area (Å²) in [7, 11) is 0. The lowest BCUT2D eigenvalue weighted by Crippen LogP contribution is -2.52. The lowest BCUT2D eigenvalue weighted by atomic mass is 9.78. The highest BCUT2D eigenvalue weighted by Crippen LogP contribution is 2.74. The first-order valence-corrected chi connectivity index (χ1v) is 11.3. The number of ether oxygens (including phenoxy) is 1. The van der Waals surface area contributed by atoms with Gasteiger partial charge in [0.2, 0.25) is 5.91 Å². The van der Waals surface area contributed by atoms with Gasteiger partial charge in [0, 0.05) is 6.42 Å². The predicted molar refractivity (Wildman–Crippen MR) is 108 cm³/mol. The average Bonchev–Trinajstić information content (AvgIpc) is 3.37. The van der Waals surface area contributed by atoms with Gasteiger partial charge in [-0.15, -0.1) is 0 Å². The number of hydrogen-bond donors (Lipinski definition) is 2. The summed E-state index contributed by atoms with van der Waals surface area (Å²) in [6.45, 7) is -0.110. The quantitative estimate of drug-likeness (QED) is 0.506. The fraction of sp³-hybridized carbons (Fsp3) is 0.667. The van der Waals surface area contributed by atoms with Crippen molar-refractivity contribution in [2.24, 2.45) is 29.1 Å². The van der Waals surface area contributed by atoms with Gasteiger partial charge >= 0.3 is 5.97 Å². The number of carbonyl (C=O) groups is 2. The maximum Gasteiger partial charge on any atom is 0.310 e. The van der Waals surface area contributed by atoms with E-state index < -0.39 is 36.4 Å². The van der Waals surface area contributed by atoms with Crippen molar-refractivity contribution in [1.29, 1.82) is 0 Å². The molecule has 6 nitrogen and oxygen atoms in total. The van der Waals surface area contributed by atoms with Crippen LogP contribution in [0.15, 0.2) is 22.9 Å². The molecule has 3 aliphatic carbocycles. The number of carbonyl (C=O) groups excluding carboxylic acids is 2. The molecule has 2 heterocycles. The number of anilines is 1. The summed E-state index contributed by atoms with van der Waals surface area (Å²) in [5, 5.41) is 5.52. The van der Waals surface area contributed by atoms with Gasteiger partial charge < -0.3 is 15.4 Å². The van der Waals surface area contributed by atoms with Crippen LogP contribution < -0.4 is 10.6 Å². The number of nitrogens with zero attached hydrogens (tertiary/aromatic N) is 1. The Hall–Kier alpha value is -1.61. The van der Waals surface area contributed by atoms with Gasteiger partial charge in [0.1, 0.15) is 4.60 Å². The maximum atomic E-state index is 14.2. The topological polar surface area (TPSA) is 80.3 Å². The van der Waals surface area contributed by atoms with E-state index in [0.717, 1.165) is 25.7 Å². The number of rotatable bonds is 4. The highest BCUT2D eigenvalue weighted by Gasteiger charge is 2.72. The number of halogens is 3. The molecule has 5 atom stereocenters. The SMILES string of the molecule is O=C(OC1CCNCC1(F)F)[C@H]1[C@H](C(=O)Nc2ccc(Br)nc2)[C@@H]2CC[C@H]1C21CC1. The first-order chi connectivity index (χ1) is 14.3. The van der Waals surface area contributed by atoms with E-state index >= 15 is 0 Å². The molecule has 2 bridgehead atoms. The molecule has 0 radical (unpaired) electrons. The molecule has 1 aromatic heterocycles. The molecule has 9 heteroatoms. The second-order valence-electron chi connectivity index (χ2n) is 9.09. The average molecular weight is 484 g/mol. The molecule has 4 aliphatic rings. The number of esters is 1. The molecule has 1 aromatic rings. The molecule has 0 aromatic carbocycles. The zero-order valence-electron chi connectivity index (χ0n) is 16.4. The zero-order valence-corrected chi connectivity index (χ0v) is 18.0. The minimum Gasteiger partial charge on any atom is -0.456 e. The van der Waals surface area contributed by atoms with Gasteiger partial charge in [0.25, 0.3) is 5.92 Å². The van der Waals surface area contributed by atoms with Gasteiger partial charge in [-0.05, 0) is 77.5 Å². The maximum absolute atomic E-state index is 14.2. The monoisotopic (exact) mass is 483 g/mol. The number of nitrogens with one attached hydrogen (secondary N) is 2. The molecule has 162 valence electrons. The van der Waals surface area contributed by atoms with Crippen LogP contribution >= 0.6 is 15.9 Å². The third-order valence-corrected chi connectivity index (χ3v) is 8.06. The Bertz CT molecular complexity index is 862. The van der Waals surface area contributed by atoms with E-state index in [1.54, 1.807) is 18.3 Å². The van der Waals surface area contributed by atoms with Crippen molar-refractivity contribution in [3.05, 3.63) is 22.9 Å². The molecule has 30 heavy (non-hydrogen) atoms. The summed E-state index contributed by atoms with van der Waals surface area (Å²) < 4.78 is 34.5. The number of alkyl halides is 2. The molecule has 1 amide bonds. The minimum atomic E-state index is -3.09. The lowest BCUT2D eigenvalue weighted by molar-refractivity contribution is -0.186. The molecular weight excluding hydrogens is 460 g/mol. The Morgan fingerprint density at radius 2 is 1.90 bits per heavy atom. The van der Waals surface area contributed by atoms with Crippen LogP contribution in [-0.2, 0) is 14.3 Å². The summed E-state index contributed by atoms with van der Waals surface area (Å²) in [6.07, 6.45) is 3.95. The van der Waals surface area contributed by atoms with Gasteiger partial charge in [-0.25, -0.2) is 13.8 Å². The van der Waals surface area contributed by atoms with Gasteiger partial charge in [0.05, 0.1) is 30.3 Å². The molecule has 2 N–H and O–H groups in total. The third-order valence-electron chi connectivity index (χ3n) is 7.59. The van der Waals surface area contributed by atoms with Crippen molar-refractivity contribution in [2.75, 3.05) is 18.4 Å². The number of pyridine rings is 1. The zero-order chi connectivity index (χ0) is 21.1. The summed E-state index contributed by atoms with van der Waals surface area (Å²) >= 11 is 3.26. The van der Waals surface area contributed by atoms with Crippen LogP contribution in [0, 0.1) is 29.1 Å². The number of amides is 1. The smallest absolute Gasteiger partial charge is 0.310 e. The largest absolute Gasteiger partial charge is 0.456 e. The standard InChI is InChI=1S/C21H24BrF2N3O3/c22-15-4-1-11(9-26-15)27-18(28)16-12-2-3-13(20(12)6-7-20)17(16)19(29)30-14-5-8-25-10-21(14,23)24/h1,4,9,12-14,16-17,25H,2-3,5-8,10H2,(H,27,28)/t12-,13+,14?,16+,17+/m0/s1. The Balaban J connectivity index is 1.37. The first kappa shape index (κ1) is 20.3. The van der Waals surface area contributed by atoms with Crippen LogP contribution in [0.4, 0.5) is 14.5 Å². The van der Waals surface area contributed by atoms with Crippen LogP contribution in [0.2, 0.25) is 0 Å². The summed E-state index contributed by atoms with van der Waals surface area (Å²) in [4.78, 5) is 30.5. The van der Waals surface area contributed by atoms with Crippen LogP contribution in [0.5, 0.6) is 0 Å². The van der Waals surface area contributed by atoms with Crippen molar-refractivity contribution < 1.29 is 23.1 Å². The first-order valence-electron chi connectivity index (χ1n) is 10.5. The molecule has 5 rings (SSSR count). The second kappa shape index (κ2) is 7.22. The molecular formula is C21H24BrF2N3O3. The van der Waals surface area contributed by atoms with E-state index in [0.29, 0.717) is 16.8 Å². The van der Waals surface area contributed by atoms with Crippen molar-refractivity contribution in [3.8, 4) is 0 Å². The normalized spacial score (nSPS) is 35.2. The fourth-order valence-electron chi connectivity index (χ4n) is 6.18. The minimum absolute atomic E-state index is 0.0142. The number of piperidine rings is 1. The van der Waals surface area contributed by atoms with Gasteiger partial charge in [-0.2, -0.15) is 0 Å². The van der Waals surface area contributed by atoms with Crippen LogP contribution in [0.25, 0.3) is 0 Å². The summed E-state index contributed by atoms with van der Waals surface area (Å²) in [6, 6.07) is 3.46. The van der Waals surface area contributed by atoms with Crippen LogP contribution in [0.3, 0.4) is 0 Å². The molecule has 1 spiro atoms. The van der Waals surface area contributed by atoms with E-state index in [9.17, 15) is 18.4 Å². The van der Waals surface area contributed by atoms with Crippen molar-refractivity contribution in [2.45, 2.75) is 44.1 Å². The Morgan fingerprint density at radius 3 is 2.53 bits per heavy atom. The van der Waals surface area contributed by atoms with Crippen LogP contribution in [0.1, 0.15) is 32.1 Å². The molecule has 4 fully saturated rings. The van der Waals surface area contributed by atoms with Gasteiger partial charge in [-0.3, -0.25) is 9.59 Å². The van der Waals surface area contributed by atoms with E-state index in [1.165, 1.54) is 0 Å². The summed E-state index contributed by atoms with van der Waals surface area (Å²) in [5.74, 6) is -5.01. The van der Waals surface area contributed by atoms with E-state index in [4.69, 9.17) is 4.74 Å². The summed E-state index contributed by atoms with van der Waals surface area (Å²) in [5.41, 5.74) is 0.563. The number of hydrogen-bond acceptors (Lipinski definition) is 5. The van der Waals surface area contributed by atoms with E-state index in [1.807, 2.05) is 0 Å². The van der Waals surface area contributed by atoms with E-state index in [2.05, 4.69) is 31.5 Å². The lowest BCUT2D eigenvalue weighted by Gasteiger charge is -2.34. The van der Waals surface area contributed by atoms with Crippen molar-refractivity contribution in [3.63, 3.8) is 0 Å². The molecule has 1 aliphatic heterocycles. The second-order valence-corrected chi connectivity index (χ2v) is 9.90. The third kappa shape index (κ3) is 3.25. The van der Waals surface area contributed by atoms with Gasteiger partial charge in [0.15, 0.2) is 6.10 Å². The van der Waals surface area contributed by atoms with Crippen LogP contribution in [-0.4, -0.2) is 42.0 Å². The fourth-order valence-corrected chi connectivity index (χ4v) is 6.41. The molecule has 1 unspecified atom stereocenters. The van der Waals surface area contributed by atoms with Crippen molar-refractivity contribution >= 4 is 33.5 Å². The Labute approximate surface area is 181 Å². The molecule has 1 saturated heterocycles.